The van der Waals surface area contributed by atoms with Gasteiger partial charge in [-0.1, -0.05) is 49.5 Å². The molecule has 0 fully saturated rings. The second kappa shape index (κ2) is 7.41. The lowest BCUT2D eigenvalue weighted by Crippen LogP contribution is -2.49. The third-order valence-corrected chi connectivity index (χ3v) is 12.0. The van der Waals surface area contributed by atoms with E-state index < -0.39 is 8.07 Å². The van der Waals surface area contributed by atoms with Crippen LogP contribution in [0.25, 0.3) is 59.9 Å². The molecule has 0 amide bonds. The fourth-order valence-electron chi connectivity index (χ4n) is 6.53. The number of benzene rings is 4. The number of aryl methyl sites for hydroxylation is 2. The quantitative estimate of drug-likeness (QED) is 0.134. The molecule has 1 aliphatic rings. The molecule has 4 aromatic carbocycles. The van der Waals surface area contributed by atoms with Gasteiger partial charge < -0.3 is 4.42 Å². The van der Waals surface area contributed by atoms with E-state index in [-0.39, 0.29) is 0 Å². The van der Waals surface area contributed by atoms with Crippen LogP contribution in [0, 0.1) is 20.4 Å². The van der Waals surface area contributed by atoms with Gasteiger partial charge in [0.15, 0.2) is 11.9 Å². The van der Waals surface area contributed by atoms with Gasteiger partial charge in [-0.05, 0) is 76.1 Å². The Morgan fingerprint density at radius 1 is 0.838 bits per heavy atom. The molecule has 0 aliphatic carbocycles. The van der Waals surface area contributed by atoms with Crippen LogP contribution in [-0.4, -0.2) is 8.07 Å². The molecule has 3 nitrogen and oxygen atoms in total. The Bertz CT molecular complexity index is 2010. The van der Waals surface area contributed by atoms with Crippen LogP contribution in [0.1, 0.15) is 11.1 Å². The number of furan rings is 1. The van der Waals surface area contributed by atoms with Crippen LogP contribution < -0.4 is 14.9 Å². The third kappa shape index (κ3) is 2.83. The summed E-state index contributed by atoms with van der Waals surface area (Å²) in [5, 5.41) is 7.77. The fraction of sp³-hybridized carbons (Fsp3) is 0.152. The van der Waals surface area contributed by atoms with Crippen LogP contribution in [0.15, 0.2) is 77.3 Å². The Kier molecular flexibility index (Phi) is 4.41. The van der Waals surface area contributed by atoms with E-state index in [0.717, 1.165) is 16.6 Å². The molecule has 0 atom stereocenters. The zero-order chi connectivity index (χ0) is 25.6. The van der Waals surface area contributed by atoms with Crippen molar-refractivity contribution in [1.29, 1.82) is 0 Å². The van der Waals surface area contributed by atoms with Gasteiger partial charge in [0.2, 0.25) is 5.69 Å². The lowest BCUT2D eigenvalue weighted by atomic mass is 9.93. The molecule has 2 aromatic heterocycles. The standard InChI is InChI=1S/C33H27N2OSi/c1-19-17-27-22-9-7-8-10-28(22)36-32(27)30(20(19)2)31-23-12-13-24-26-18-21(34-3)11-14-29(26)37(5,6)33(24)25(23)15-16-35(31)4/h7-18H,1-2,4-6H3/q+1. The minimum atomic E-state index is -1.96. The van der Waals surface area contributed by atoms with E-state index >= 15 is 0 Å². The van der Waals surface area contributed by atoms with Crippen LogP contribution in [0.2, 0.25) is 13.1 Å². The fourth-order valence-corrected chi connectivity index (χ4v) is 9.97. The molecule has 37 heavy (non-hydrogen) atoms. The van der Waals surface area contributed by atoms with Crippen molar-refractivity contribution in [2.75, 3.05) is 0 Å². The molecule has 0 radical (unpaired) electrons. The van der Waals surface area contributed by atoms with Crippen LogP contribution in [-0.2, 0) is 7.05 Å². The summed E-state index contributed by atoms with van der Waals surface area (Å²) in [4.78, 5) is 3.71. The zero-order valence-electron chi connectivity index (χ0n) is 21.7. The van der Waals surface area contributed by atoms with Crippen molar-refractivity contribution in [3.63, 3.8) is 0 Å². The average Bonchev–Trinajstić information content (AvgIpc) is 3.37. The second-order valence-electron chi connectivity index (χ2n) is 10.9. The number of fused-ring (bicyclic) bond motifs is 8. The molecule has 0 N–H and O–H groups in total. The van der Waals surface area contributed by atoms with Gasteiger partial charge in [0.05, 0.1) is 17.5 Å². The van der Waals surface area contributed by atoms with Crippen LogP contribution in [0.3, 0.4) is 0 Å². The highest BCUT2D eigenvalue weighted by atomic mass is 28.3. The Morgan fingerprint density at radius 3 is 2.46 bits per heavy atom. The van der Waals surface area contributed by atoms with Gasteiger partial charge in [-0.25, -0.2) is 9.41 Å². The van der Waals surface area contributed by atoms with Crippen molar-refractivity contribution in [1.82, 2.24) is 0 Å². The van der Waals surface area contributed by atoms with Crippen molar-refractivity contribution in [2.24, 2.45) is 7.05 Å². The SMILES string of the molecule is [C-]#[N+]c1ccc2c(c1)-c1ccc3c(-c4c(C)c(C)cc5c4oc4ccccc45)[n+](C)ccc3c1[Si]2(C)C. The molecule has 3 heterocycles. The largest absolute Gasteiger partial charge is 0.455 e. The lowest BCUT2D eigenvalue weighted by Gasteiger charge is -2.21. The van der Waals surface area contributed by atoms with E-state index in [0.29, 0.717) is 5.69 Å². The monoisotopic (exact) mass is 495 g/mol. The molecular weight excluding hydrogens is 468 g/mol. The van der Waals surface area contributed by atoms with Crippen molar-refractivity contribution in [3.8, 4) is 22.4 Å². The van der Waals surface area contributed by atoms with Crippen molar-refractivity contribution < 1.29 is 8.98 Å². The van der Waals surface area contributed by atoms with Crippen molar-refractivity contribution in [2.45, 2.75) is 26.9 Å². The van der Waals surface area contributed by atoms with Gasteiger partial charge in [0.25, 0.3) is 0 Å². The molecule has 0 spiro atoms. The number of aromatic nitrogens is 1. The number of nitrogens with zero attached hydrogens (tertiary/aromatic N) is 2. The third-order valence-electron chi connectivity index (χ3n) is 8.46. The summed E-state index contributed by atoms with van der Waals surface area (Å²) in [6.45, 7) is 16.8. The Morgan fingerprint density at radius 2 is 1.65 bits per heavy atom. The Balaban J connectivity index is 1.61. The molecule has 0 bridgehead atoms. The van der Waals surface area contributed by atoms with Crippen molar-refractivity contribution in [3.05, 3.63) is 95.5 Å². The second-order valence-corrected chi connectivity index (χ2v) is 15.1. The minimum Gasteiger partial charge on any atom is -0.455 e. The van der Waals surface area contributed by atoms with Gasteiger partial charge in [-0.15, -0.1) is 0 Å². The number of pyridine rings is 1. The summed E-state index contributed by atoms with van der Waals surface area (Å²) in [6.07, 6.45) is 2.20. The highest BCUT2D eigenvalue weighted by Crippen LogP contribution is 2.41. The number of hydrogen-bond donors (Lipinski definition) is 0. The van der Waals surface area contributed by atoms with Gasteiger partial charge in [-0.2, -0.15) is 0 Å². The van der Waals surface area contributed by atoms with E-state index in [1.165, 1.54) is 60.0 Å². The van der Waals surface area contributed by atoms with Gasteiger partial charge in [0.1, 0.15) is 26.3 Å². The normalized spacial score (nSPS) is 13.7. The maximum Gasteiger partial charge on any atom is 0.224 e. The maximum atomic E-state index is 7.54. The molecule has 0 saturated heterocycles. The molecule has 4 heteroatoms. The molecule has 0 unspecified atom stereocenters. The predicted molar refractivity (Wildman–Crippen MR) is 156 cm³/mol. The highest BCUT2D eigenvalue weighted by Gasteiger charge is 2.40. The molecule has 7 rings (SSSR count). The lowest BCUT2D eigenvalue weighted by molar-refractivity contribution is -0.659. The average molecular weight is 496 g/mol. The molecular formula is C33H27N2OSi+. The van der Waals surface area contributed by atoms with Gasteiger partial charge in [-0.3, -0.25) is 0 Å². The van der Waals surface area contributed by atoms with Gasteiger partial charge >= 0.3 is 0 Å². The first-order valence-corrected chi connectivity index (χ1v) is 15.7. The first-order chi connectivity index (χ1) is 17.8. The summed E-state index contributed by atoms with van der Waals surface area (Å²) >= 11 is 0. The topological polar surface area (TPSA) is 21.4 Å². The minimum absolute atomic E-state index is 0.708. The van der Waals surface area contributed by atoms with Gasteiger partial charge in [0, 0.05) is 16.8 Å². The zero-order valence-corrected chi connectivity index (χ0v) is 22.7. The highest BCUT2D eigenvalue weighted by molar-refractivity contribution is 7.05. The summed E-state index contributed by atoms with van der Waals surface area (Å²) in [6, 6.07) is 23.7. The van der Waals surface area contributed by atoms with E-state index in [9.17, 15) is 0 Å². The van der Waals surface area contributed by atoms with E-state index in [4.69, 9.17) is 11.0 Å². The molecule has 6 aromatic rings. The number of para-hydroxylation sites is 1. The van der Waals surface area contributed by atoms with E-state index in [2.05, 4.69) is 104 Å². The first kappa shape index (κ1) is 22.0. The Hall–Kier alpha value is -4.20. The number of rotatable bonds is 1. The van der Waals surface area contributed by atoms with E-state index in [1.807, 2.05) is 12.1 Å². The summed E-state index contributed by atoms with van der Waals surface area (Å²) in [7, 11) is 0.174. The number of hydrogen-bond acceptors (Lipinski definition) is 1. The van der Waals surface area contributed by atoms with Crippen molar-refractivity contribution >= 4 is 56.8 Å². The van der Waals surface area contributed by atoms with E-state index in [1.54, 1.807) is 0 Å². The van der Waals surface area contributed by atoms with Crippen LogP contribution in [0.4, 0.5) is 5.69 Å². The first-order valence-electron chi connectivity index (χ1n) is 12.7. The molecule has 0 saturated carbocycles. The smallest absolute Gasteiger partial charge is 0.224 e. The van der Waals surface area contributed by atoms with Crippen LogP contribution in [0.5, 0.6) is 0 Å². The summed E-state index contributed by atoms with van der Waals surface area (Å²) in [5.41, 5.74) is 9.98. The summed E-state index contributed by atoms with van der Waals surface area (Å²) in [5.74, 6) is 0. The molecule has 1 aliphatic heterocycles. The molecule has 178 valence electrons. The summed E-state index contributed by atoms with van der Waals surface area (Å²) < 4.78 is 8.80. The Labute approximate surface area is 217 Å². The predicted octanol–water partition coefficient (Wildman–Crippen LogP) is 7.20. The maximum absolute atomic E-state index is 7.54. The van der Waals surface area contributed by atoms with Crippen LogP contribution >= 0.6 is 0 Å².